The molecule has 0 unspecified atom stereocenters. The van der Waals surface area contributed by atoms with Crippen molar-refractivity contribution in [3.8, 4) is 5.75 Å². The van der Waals surface area contributed by atoms with Gasteiger partial charge in [-0.3, -0.25) is 9.59 Å². The van der Waals surface area contributed by atoms with E-state index in [0.29, 0.717) is 19.8 Å². The third-order valence-electron chi connectivity index (χ3n) is 3.81. The minimum Gasteiger partial charge on any atom is -0.496 e. The highest BCUT2D eigenvalue weighted by molar-refractivity contribution is 7.89. The number of benzene rings is 1. The maximum atomic E-state index is 12.7. The molecule has 1 heterocycles. The van der Waals surface area contributed by atoms with Gasteiger partial charge < -0.3 is 20.1 Å². The van der Waals surface area contributed by atoms with Crippen molar-refractivity contribution in [2.24, 2.45) is 0 Å². The molecule has 144 valence electrons. The van der Waals surface area contributed by atoms with Gasteiger partial charge in [0.05, 0.1) is 37.3 Å². The molecule has 0 atom stereocenters. The Kier molecular flexibility index (Phi) is 6.95. The first-order valence-corrected chi connectivity index (χ1v) is 9.65. The first-order valence-electron chi connectivity index (χ1n) is 8.21. The fourth-order valence-corrected chi connectivity index (χ4v) is 3.91. The Morgan fingerprint density at radius 3 is 2.54 bits per heavy atom. The molecule has 0 saturated carbocycles. The molecule has 1 aliphatic rings. The first kappa shape index (κ1) is 20.1. The summed E-state index contributed by atoms with van der Waals surface area (Å²) >= 11 is 0. The molecule has 0 aliphatic carbocycles. The Bertz CT molecular complexity index is 759. The van der Waals surface area contributed by atoms with Crippen molar-refractivity contribution in [1.29, 1.82) is 0 Å². The molecule has 2 N–H and O–H groups in total. The van der Waals surface area contributed by atoms with Gasteiger partial charge in [-0.15, -0.1) is 0 Å². The van der Waals surface area contributed by atoms with Gasteiger partial charge in [0.15, 0.2) is 0 Å². The summed E-state index contributed by atoms with van der Waals surface area (Å²) in [5, 5.41) is 5.02. The maximum Gasteiger partial charge on any atom is 0.255 e. The van der Waals surface area contributed by atoms with Crippen molar-refractivity contribution in [2.75, 3.05) is 46.5 Å². The zero-order valence-corrected chi connectivity index (χ0v) is 15.6. The number of sulfonamides is 1. The number of nitrogens with zero attached hydrogens (tertiary/aromatic N) is 1. The highest BCUT2D eigenvalue weighted by atomic mass is 32.2. The van der Waals surface area contributed by atoms with E-state index in [4.69, 9.17) is 9.47 Å². The van der Waals surface area contributed by atoms with Crippen LogP contribution in [0.1, 0.15) is 17.3 Å². The number of hydrogen-bond acceptors (Lipinski definition) is 6. The second kappa shape index (κ2) is 8.97. The minimum absolute atomic E-state index is 0.0108. The largest absolute Gasteiger partial charge is 0.496 e. The number of likely N-dealkylation sites (N-methyl/N-ethyl adjacent to an activating group) is 1. The lowest BCUT2D eigenvalue weighted by molar-refractivity contribution is -0.120. The molecule has 9 nitrogen and oxygen atoms in total. The van der Waals surface area contributed by atoms with Gasteiger partial charge in [-0.1, -0.05) is 0 Å². The summed E-state index contributed by atoms with van der Waals surface area (Å²) in [6.45, 7) is 3.18. The quantitative estimate of drug-likeness (QED) is 0.659. The molecule has 1 saturated heterocycles. The van der Waals surface area contributed by atoms with Crippen molar-refractivity contribution in [3.63, 3.8) is 0 Å². The van der Waals surface area contributed by atoms with E-state index in [0.717, 1.165) is 0 Å². The van der Waals surface area contributed by atoms with Crippen LogP contribution in [0.5, 0.6) is 5.75 Å². The first-order chi connectivity index (χ1) is 12.4. The molecule has 2 amide bonds. The lowest BCUT2D eigenvalue weighted by atomic mass is 10.2. The number of carbonyl (C=O) groups is 2. The Morgan fingerprint density at radius 1 is 1.23 bits per heavy atom. The van der Waals surface area contributed by atoms with Crippen LogP contribution in [0, 0.1) is 0 Å². The smallest absolute Gasteiger partial charge is 0.255 e. The normalized spacial score (nSPS) is 15.3. The van der Waals surface area contributed by atoms with Crippen LogP contribution in [-0.4, -0.2) is 71.0 Å². The Morgan fingerprint density at radius 2 is 1.92 bits per heavy atom. The van der Waals surface area contributed by atoms with Crippen LogP contribution in [-0.2, 0) is 19.6 Å². The van der Waals surface area contributed by atoms with E-state index >= 15 is 0 Å². The van der Waals surface area contributed by atoms with Crippen molar-refractivity contribution < 1.29 is 27.5 Å². The summed E-state index contributed by atoms with van der Waals surface area (Å²) in [4.78, 5) is 23.9. The van der Waals surface area contributed by atoms with Gasteiger partial charge in [0, 0.05) is 19.6 Å². The standard InChI is InChI=1S/C16H23N3O6S/c1-3-17-15(20)11-18-16(21)13-10-12(4-5-14(13)24-2)26(22,23)19-6-8-25-9-7-19/h4-5,10H,3,6-9,11H2,1-2H3,(H,17,20)(H,18,21). The zero-order chi connectivity index (χ0) is 19.2. The van der Waals surface area contributed by atoms with Crippen LogP contribution in [0.2, 0.25) is 0 Å². The lowest BCUT2D eigenvalue weighted by Gasteiger charge is -2.26. The molecule has 10 heteroatoms. The minimum atomic E-state index is -3.74. The summed E-state index contributed by atoms with van der Waals surface area (Å²) in [6, 6.07) is 4.08. The second-order valence-electron chi connectivity index (χ2n) is 5.51. The molecule has 0 bridgehead atoms. The van der Waals surface area contributed by atoms with E-state index in [1.54, 1.807) is 6.92 Å². The number of hydrogen-bond donors (Lipinski definition) is 2. The predicted molar refractivity (Wildman–Crippen MR) is 93.6 cm³/mol. The third-order valence-corrected chi connectivity index (χ3v) is 5.70. The summed E-state index contributed by atoms with van der Waals surface area (Å²) in [5.74, 6) is -0.705. The average Bonchev–Trinajstić information content (AvgIpc) is 2.66. The molecular formula is C16H23N3O6S. The van der Waals surface area contributed by atoms with Gasteiger partial charge >= 0.3 is 0 Å². The van der Waals surface area contributed by atoms with Crippen LogP contribution in [0.3, 0.4) is 0 Å². The molecule has 0 aromatic heterocycles. The summed E-state index contributed by atoms with van der Waals surface area (Å²) < 4.78 is 37.1. The Hall–Kier alpha value is -2.17. The molecule has 1 aromatic rings. The molecule has 0 radical (unpaired) electrons. The van der Waals surface area contributed by atoms with E-state index in [1.807, 2.05) is 0 Å². The van der Waals surface area contributed by atoms with E-state index < -0.39 is 15.9 Å². The third kappa shape index (κ3) is 4.71. The molecule has 1 aromatic carbocycles. The number of carbonyl (C=O) groups excluding carboxylic acids is 2. The number of methoxy groups -OCH3 is 1. The van der Waals surface area contributed by atoms with Crippen LogP contribution < -0.4 is 15.4 Å². The molecule has 26 heavy (non-hydrogen) atoms. The number of amides is 2. The number of nitrogens with one attached hydrogen (secondary N) is 2. The van der Waals surface area contributed by atoms with Gasteiger partial charge in [-0.2, -0.15) is 4.31 Å². The molecule has 1 fully saturated rings. The van der Waals surface area contributed by atoms with Crippen LogP contribution >= 0.6 is 0 Å². The van der Waals surface area contributed by atoms with E-state index in [1.165, 1.54) is 29.6 Å². The number of morpholine rings is 1. The zero-order valence-electron chi connectivity index (χ0n) is 14.8. The monoisotopic (exact) mass is 385 g/mol. The van der Waals surface area contributed by atoms with Crippen LogP contribution in [0.25, 0.3) is 0 Å². The Balaban J connectivity index is 2.24. The molecule has 2 rings (SSSR count). The summed E-state index contributed by atoms with van der Waals surface area (Å²) in [5.41, 5.74) is 0.0473. The number of ether oxygens (including phenoxy) is 2. The Labute approximate surface area is 152 Å². The fraction of sp³-hybridized carbons (Fsp3) is 0.500. The topological polar surface area (TPSA) is 114 Å². The van der Waals surface area contributed by atoms with Crippen molar-refractivity contribution in [3.05, 3.63) is 23.8 Å². The van der Waals surface area contributed by atoms with Crippen LogP contribution in [0.15, 0.2) is 23.1 Å². The van der Waals surface area contributed by atoms with E-state index in [2.05, 4.69) is 10.6 Å². The SMILES string of the molecule is CCNC(=O)CNC(=O)c1cc(S(=O)(=O)N2CCOCC2)ccc1OC. The summed E-state index contributed by atoms with van der Waals surface area (Å²) in [6.07, 6.45) is 0. The lowest BCUT2D eigenvalue weighted by Crippen LogP contribution is -2.40. The molecular weight excluding hydrogens is 362 g/mol. The van der Waals surface area contributed by atoms with E-state index in [-0.39, 0.29) is 41.7 Å². The van der Waals surface area contributed by atoms with Gasteiger partial charge in [0.25, 0.3) is 5.91 Å². The maximum absolute atomic E-state index is 12.7. The van der Waals surface area contributed by atoms with Crippen LogP contribution in [0.4, 0.5) is 0 Å². The van der Waals surface area contributed by atoms with Gasteiger partial charge in [-0.25, -0.2) is 8.42 Å². The predicted octanol–water partition coefficient (Wildman–Crippen LogP) is -0.418. The van der Waals surface area contributed by atoms with Gasteiger partial charge in [-0.05, 0) is 25.1 Å². The van der Waals surface area contributed by atoms with E-state index in [9.17, 15) is 18.0 Å². The van der Waals surface area contributed by atoms with Crippen molar-refractivity contribution >= 4 is 21.8 Å². The average molecular weight is 385 g/mol. The number of rotatable bonds is 7. The second-order valence-corrected chi connectivity index (χ2v) is 7.45. The highest BCUT2D eigenvalue weighted by Gasteiger charge is 2.28. The van der Waals surface area contributed by atoms with Gasteiger partial charge in [0.2, 0.25) is 15.9 Å². The molecule has 0 spiro atoms. The van der Waals surface area contributed by atoms with Crippen molar-refractivity contribution in [1.82, 2.24) is 14.9 Å². The fourth-order valence-electron chi connectivity index (χ4n) is 2.48. The highest BCUT2D eigenvalue weighted by Crippen LogP contribution is 2.25. The molecule has 1 aliphatic heterocycles. The van der Waals surface area contributed by atoms with Gasteiger partial charge in [0.1, 0.15) is 5.75 Å². The van der Waals surface area contributed by atoms with Crippen molar-refractivity contribution in [2.45, 2.75) is 11.8 Å². The summed E-state index contributed by atoms with van der Waals surface area (Å²) in [7, 11) is -2.36.